The third kappa shape index (κ3) is 11.2. The van der Waals surface area contributed by atoms with Crippen LogP contribution in [0.2, 0.25) is 6.82 Å². The molecule has 0 saturated carbocycles. The Morgan fingerprint density at radius 1 is 1.75 bits per heavy atom. The molecule has 0 aliphatic carbocycles. The maximum Gasteiger partial charge on any atom is 0 e. The molecule has 0 fully saturated rings. The summed E-state index contributed by atoms with van der Waals surface area (Å²) in [5, 5.41) is 0. The van der Waals surface area contributed by atoms with Crippen molar-refractivity contribution < 1.29 is 31.1 Å². The van der Waals surface area contributed by atoms with Gasteiger partial charge < -0.3 is 6.82 Å². The van der Waals surface area contributed by atoms with Crippen LogP contribution in [-0.2, 0) is 0 Å². The predicted molar refractivity (Wildman–Crippen MR) is 17.0 cm³/mol. The second-order valence-electron chi connectivity index (χ2n) is 0.408. The van der Waals surface area contributed by atoms with Gasteiger partial charge in [-0.1, -0.05) is 7.28 Å². The molecule has 0 aliphatic heterocycles. The molecule has 0 atom stereocenters. The smallest absolute Gasteiger partial charge is 0 e. The maximum absolute atomic E-state index is 3.36. The molecule has 0 rings (SSSR count). The average Bonchev–Trinajstić information content (AvgIpc) is 0.918. The molecule has 0 heterocycles. The van der Waals surface area contributed by atoms with E-state index in [1.165, 1.54) is 0 Å². The average molecular weight is 278 g/mol. The summed E-state index contributed by atoms with van der Waals surface area (Å²) in [4.78, 5) is 0. The molecule has 0 amide bonds. The van der Waals surface area contributed by atoms with Gasteiger partial charge in [-0.15, -0.1) is 6.82 Å². The number of hydrogen-bond acceptors (Lipinski definition) is 0. The molecule has 2 heteroatoms. The molecular weight excluding hydrogens is 273 g/mol. The molecule has 0 spiro atoms. The van der Waals surface area contributed by atoms with Gasteiger partial charge in [-0.3, -0.25) is 0 Å². The van der Waals surface area contributed by atoms with E-state index in [9.17, 15) is 0 Å². The van der Waals surface area contributed by atoms with E-state index in [-0.39, 0.29) is 31.1 Å². The van der Waals surface area contributed by atoms with Gasteiger partial charge in [0, 0.05) is 31.1 Å². The van der Waals surface area contributed by atoms with Crippen LogP contribution in [0, 0.1) is 37.9 Å². The molecule has 0 saturated heterocycles. The molecule has 1 radical (unpaired) electrons. The Hall–Kier alpha value is 1.12. The Kier molecular flexibility index (Phi) is 19.9. The molecule has 0 nitrogen and oxygen atoms in total. The van der Waals surface area contributed by atoms with E-state index in [4.69, 9.17) is 0 Å². The Morgan fingerprint density at radius 3 is 1.75 bits per heavy atom. The van der Waals surface area contributed by atoms with E-state index < -0.39 is 0 Å². The standard InChI is InChI=1S/C2H5B.U/c1-3-2;/h1H2,2H3;/q-1;. The van der Waals surface area contributed by atoms with Gasteiger partial charge >= 0.3 is 0 Å². The van der Waals surface area contributed by atoms with Crippen molar-refractivity contribution in [1.82, 2.24) is 0 Å². The summed E-state index contributed by atoms with van der Waals surface area (Å²) in [6.45, 7) is 5.25. The van der Waals surface area contributed by atoms with Gasteiger partial charge in [0.1, 0.15) is 0 Å². The van der Waals surface area contributed by atoms with Crippen molar-refractivity contribution in [3.63, 3.8) is 0 Å². The fourth-order valence-electron chi connectivity index (χ4n) is 0. The first-order chi connectivity index (χ1) is 1.41. The van der Waals surface area contributed by atoms with E-state index >= 15 is 0 Å². The van der Waals surface area contributed by atoms with Crippen LogP contribution >= 0.6 is 0 Å². The first kappa shape index (κ1) is 8.93. The third-order valence-electron chi connectivity index (χ3n) is 0. The second-order valence-corrected chi connectivity index (χ2v) is 0.408. The van der Waals surface area contributed by atoms with Crippen LogP contribution in [0.25, 0.3) is 0 Å². The van der Waals surface area contributed by atoms with Crippen LogP contribution in [0.4, 0.5) is 0 Å². The largest absolute Gasteiger partial charge is 0.373 e. The quantitative estimate of drug-likeness (QED) is 0.448. The normalized spacial score (nSPS) is 3.50. The molecule has 0 aliphatic rings. The Morgan fingerprint density at radius 2 is 1.75 bits per heavy atom. The van der Waals surface area contributed by atoms with Gasteiger partial charge in [-0.2, -0.15) is 0 Å². The zero-order chi connectivity index (χ0) is 2.71. The van der Waals surface area contributed by atoms with E-state index in [2.05, 4.69) is 6.82 Å². The van der Waals surface area contributed by atoms with E-state index in [0.29, 0.717) is 0 Å². The second kappa shape index (κ2) is 8.93. The minimum atomic E-state index is 0. The van der Waals surface area contributed by atoms with E-state index in [0.717, 1.165) is 0 Å². The summed E-state index contributed by atoms with van der Waals surface area (Å²) in [7, 11) is 1.75. The summed E-state index contributed by atoms with van der Waals surface area (Å²) < 4.78 is 0. The SMILES string of the molecule is [CH2-][B]C.[U]. The Labute approximate surface area is 52.0 Å². The maximum atomic E-state index is 3.36. The first-order valence-electron chi connectivity index (χ1n) is 0.986. The van der Waals surface area contributed by atoms with E-state index in [1.807, 2.05) is 6.82 Å². The van der Waals surface area contributed by atoms with Crippen LogP contribution in [0.15, 0.2) is 0 Å². The molecule has 0 aromatic rings. The number of rotatable bonds is 0. The molecule has 0 bridgehead atoms. The van der Waals surface area contributed by atoms with Crippen molar-refractivity contribution in [3.8, 4) is 0 Å². The monoisotopic (exact) mass is 278 g/mol. The topological polar surface area (TPSA) is 0 Å². The molecule has 21 valence electrons. The van der Waals surface area contributed by atoms with Crippen LogP contribution in [0.5, 0.6) is 0 Å². The Bertz CT molecular complexity index is 6.00. The van der Waals surface area contributed by atoms with Gasteiger partial charge in [0.25, 0.3) is 0 Å². The summed E-state index contributed by atoms with van der Waals surface area (Å²) in [5.41, 5.74) is 0. The van der Waals surface area contributed by atoms with Gasteiger partial charge in [0.2, 0.25) is 0 Å². The molecule has 0 aromatic heterocycles. The van der Waals surface area contributed by atoms with Crippen molar-refractivity contribution in [2.75, 3.05) is 0 Å². The van der Waals surface area contributed by atoms with Crippen molar-refractivity contribution in [1.29, 1.82) is 0 Å². The van der Waals surface area contributed by atoms with Crippen LogP contribution in [-0.4, -0.2) is 7.28 Å². The molecule has 4 heavy (non-hydrogen) atoms. The van der Waals surface area contributed by atoms with Crippen molar-refractivity contribution >= 4 is 7.28 Å². The molecular formula is C2H5BU-. The summed E-state index contributed by atoms with van der Waals surface area (Å²) in [6, 6.07) is 0. The van der Waals surface area contributed by atoms with Gasteiger partial charge in [0.05, 0.1) is 0 Å². The third-order valence-corrected chi connectivity index (χ3v) is 0. The van der Waals surface area contributed by atoms with Gasteiger partial charge in [0.15, 0.2) is 0 Å². The summed E-state index contributed by atoms with van der Waals surface area (Å²) >= 11 is 0. The molecule has 0 aromatic carbocycles. The fourth-order valence-corrected chi connectivity index (χ4v) is 0. The fraction of sp³-hybridized carbons (Fsp3) is 0.500. The van der Waals surface area contributed by atoms with Crippen molar-refractivity contribution in [2.45, 2.75) is 6.82 Å². The van der Waals surface area contributed by atoms with Gasteiger partial charge in [-0.25, -0.2) is 0 Å². The zero-order valence-corrected chi connectivity index (χ0v) is 6.95. The summed E-state index contributed by atoms with van der Waals surface area (Å²) in [5.74, 6) is 0. The van der Waals surface area contributed by atoms with Crippen LogP contribution in [0.1, 0.15) is 0 Å². The van der Waals surface area contributed by atoms with Crippen molar-refractivity contribution in [3.05, 3.63) is 6.82 Å². The minimum Gasteiger partial charge on any atom is -0.373 e. The van der Waals surface area contributed by atoms with Gasteiger partial charge in [-0.05, 0) is 0 Å². The van der Waals surface area contributed by atoms with Crippen molar-refractivity contribution in [2.24, 2.45) is 0 Å². The predicted octanol–water partition coefficient (Wildman–Crippen LogP) is 0.530. The zero-order valence-electron chi connectivity index (χ0n) is 2.78. The van der Waals surface area contributed by atoms with Crippen LogP contribution < -0.4 is 0 Å². The first-order valence-corrected chi connectivity index (χ1v) is 0.986. The van der Waals surface area contributed by atoms with E-state index in [1.54, 1.807) is 7.28 Å². The molecule has 0 unspecified atom stereocenters. The minimum absolute atomic E-state index is 0. The van der Waals surface area contributed by atoms with Crippen LogP contribution in [0.3, 0.4) is 0 Å². The molecule has 0 N–H and O–H groups in total. The summed E-state index contributed by atoms with van der Waals surface area (Å²) in [6.07, 6.45) is 0. The Balaban J connectivity index is 0. The number of hydrogen-bond donors (Lipinski definition) is 0.